The van der Waals surface area contributed by atoms with Crippen molar-refractivity contribution in [2.24, 2.45) is 5.73 Å². The van der Waals surface area contributed by atoms with E-state index in [9.17, 15) is 4.79 Å². The largest absolute Gasteiger partial charge is 0.339 e. The van der Waals surface area contributed by atoms with Gasteiger partial charge in [-0.25, -0.2) is 0 Å². The van der Waals surface area contributed by atoms with Crippen LogP contribution < -0.4 is 5.73 Å². The molecule has 2 aliphatic heterocycles. The van der Waals surface area contributed by atoms with Crippen LogP contribution in [0.2, 0.25) is 0 Å². The van der Waals surface area contributed by atoms with Gasteiger partial charge in [-0.1, -0.05) is 0 Å². The predicted molar refractivity (Wildman–Crippen MR) is 67.7 cm³/mol. The average molecular weight is 240 g/mol. The minimum Gasteiger partial charge on any atom is -0.339 e. The molecule has 0 atom stereocenters. The molecule has 2 N–H and O–H groups in total. The lowest BCUT2D eigenvalue weighted by Crippen LogP contribution is -2.51. The van der Waals surface area contributed by atoms with E-state index in [0.29, 0.717) is 12.6 Å². The van der Waals surface area contributed by atoms with Crippen LogP contribution in [0.15, 0.2) is 0 Å². The summed E-state index contributed by atoms with van der Waals surface area (Å²) in [5.74, 6) is 0.286. The molecule has 2 rings (SSSR count). The van der Waals surface area contributed by atoms with Crippen molar-refractivity contribution in [1.82, 2.24) is 14.7 Å². The maximum absolute atomic E-state index is 12.1. The van der Waals surface area contributed by atoms with E-state index in [1.165, 1.54) is 0 Å². The molecule has 0 spiro atoms. The van der Waals surface area contributed by atoms with Crippen LogP contribution in [-0.4, -0.2) is 79.5 Å². The van der Waals surface area contributed by atoms with Gasteiger partial charge >= 0.3 is 0 Å². The van der Waals surface area contributed by atoms with Gasteiger partial charge in [0.15, 0.2) is 0 Å². The van der Waals surface area contributed by atoms with E-state index >= 15 is 0 Å². The number of rotatable bonds is 2. The number of hydrogen-bond donors (Lipinski definition) is 1. The Morgan fingerprint density at radius 3 is 2.29 bits per heavy atom. The summed E-state index contributed by atoms with van der Waals surface area (Å²) in [5, 5.41) is 0. The number of nitrogens with two attached hydrogens (primary N) is 1. The molecule has 2 heterocycles. The molecule has 1 amide bonds. The number of hydrogen-bond acceptors (Lipinski definition) is 4. The molecule has 0 aliphatic carbocycles. The van der Waals surface area contributed by atoms with Gasteiger partial charge in [0.05, 0.1) is 6.54 Å². The third-order valence-electron chi connectivity index (χ3n) is 3.85. The maximum Gasteiger partial charge on any atom is 0.236 e. The Morgan fingerprint density at radius 2 is 1.71 bits per heavy atom. The van der Waals surface area contributed by atoms with E-state index in [0.717, 1.165) is 52.1 Å². The van der Waals surface area contributed by atoms with Crippen molar-refractivity contribution in [2.75, 3.05) is 52.9 Å². The Kier molecular flexibility index (Phi) is 4.36. The van der Waals surface area contributed by atoms with Crippen LogP contribution in [0, 0.1) is 0 Å². The first-order valence-electron chi connectivity index (χ1n) is 6.59. The van der Waals surface area contributed by atoms with Gasteiger partial charge in [-0.2, -0.15) is 0 Å². The van der Waals surface area contributed by atoms with E-state index in [1.807, 2.05) is 4.90 Å². The number of carbonyl (C=O) groups is 1. The Bertz CT molecular complexity index is 255. The number of likely N-dealkylation sites (N-methyl/N-ethyl adjacent to an activating group) is 1. The first-order valence-corrected chi connectivity index (χ1v) is 6.59. The summed E-state index contributed by atoms with van der Waals surface area (Å²) in [6, 6.07) is 0.338. The Balaban J connectivity index is 1.73. The molecule has 0 saturated carbocycles. The summed E-state index contributed by atoms with van der Waals surface area (Å²) in [7, 11) is 2.11. The maximum atomic E-state index is 12.1. The normalized spacial score (nSPS) is 25.2. The lowest BCUT2D eigenvalue weighted by Gasteiger charge is -2.35. The van der Waals surface area contributed by atoms with Crippen molar-refractivity contribution in [3.8, 4) is 0 Å². The van der Waals surface area contributed by atoms with Crippen LogP contribution in [0.25, 0.3) is 0 Å². The summed E-state index contributed by atoms with van der Waals surface area (Å²) in [6.07, 6.45) is 2.05. The SMILES string of the molecule is CN1CCN(C(=O)CN2CCC(N)CC2)CC1. The zero-order valence-electron chi connectivity index (χ0n) is 10.8. The van der Waals surface area contributed by atoms with E-state index in [-0.39, 0.29) is 5.91 Å². The first-order chi connectivity index (χ1) is 8.15. The number of piperidine rings is 1. The molecule has 2 saturated heterocycles. The average Bonchev–Trinajstić information content (AvgIpc) is 2.33. The number of amides is 1. The number of piperazine rings is 1. The van der Waals surface area contributed by atoms with E-state index in [4.69, 9.17) is 5.73 Å². The quantitative estimate of drug-likeness (QED) is 0.685. The van der Waals surface area contributed by atoms with Gasteiger partial charge in [0.25, 0.3) is 0 Å². The third-order valence-corrected chi connectivity index (χ3v) is 3.85. The summed E-state index contributed by atoms with van der Waals surface area (Å²) in [6.45, 7) is 6.27. The second-order valence-electron chi connectivity index (χ2n) is 5.30. The molecule has 17 heavy (non-hydrogen) atoms. The van der Waals surface area contributed by atoms with Gasteiger partial charge in [0.2, 0.25) is 5.91 Å². The fourth-order valence-corrected chi connectivity index (χ4v) is 2.46. The Morgan fingerprint density at radius 1 is 1.12 bits per heavy atom. The zero-order valence-corrected chi connectivity index (χ0v) is 10.8. The molecule has 2 aliphatic rings. The van der Waals surface area contributed by atoms with Gasteiger partial charge in [-0.05, 0) is 19.9 Å². The lowest BCUT2D eigenvalue weighted by molar-refractivity contribution is -0.134. The number of carbonyl (C=O) groups excluding carboxylic acids is 1. The van der Waals surface area contributed by atoms with E-state index in [1.54, 1.807) is 0 Å². The second-order valence-corrected chi connectivity index (χ2v) is 5.30. The van der Waals surface area contributed by atoms with Gasteiger partial charge in [0, 0.05) is 45.3 Å². The number of nitrogens with zero attached hydrogens (tertiary/aromatic N) is 3. The Hall–Kier alpha value is -0.650. The molecule has 0 aromatic heterocycles. The third kappa shape index (κ3) is 3.66. The highest BCUT2D eigenvalue weighted by Gasteiger charge is 2.23. The van der Waals surface area contributed by atoms with Crippen molar-refractivity contribution in [2.45, 2.75) is 18.9 Å². The lowest BCUT2D eigenvalue weighted by atomic mass is 10.1. The fraction of sp³-hybridized carbons (Fsp3) is 0.917. The fourth-order valence-electron chi connectivity index (χ4n) is 2.46. The minimum atomic E-state index is 0.286. The zero-order chi connectivity index (χ0) is 12.3. The predicted octanol–water partition coefficient (Wildman–Crippen LogP) is -0.816. The molecular weight excluding hydrogens is 216 g/mol. The molecule has 5 heteroatoms. The summed E-state index contributed by atoms with van der Waals surface area (Å²) >= 11 is 0. The second kappa shape index (κ2) is 5.80. The van der Waals surface area contributed by atoms with Crippen molar-refractivity contribution in [1.29, 1.82) is 0 Å². The highest BCUT2D eigenvalue weighted by Crippen LogP contribution is 2.09. The highest BCUT2D eigenvalue weighted by molar-refractivity contribution is 5.78. The van der Waals surface area contributed by atoms with E-state index in [2.05, 4.69) is 16.8 Å². The molecule has 5 nitrogen and oxygen atoms in total. The van der Waals surface area contributed by atoms with Gasteiger partial charge in [-0.15, -0.1) is 0 Å². The van der Waals surface area contributed by atoms with Crippen LogP contribution in [0.1, 0.15) is 12.8 Å². The van der Waals surface area contributed by atoms with Crippen LogP contribution in [0.4, 0.5) is 0 Å². The standard InChI is InChI=1S/C12H24N4O/c1-14-6-8-16(9-7-14)12(17)10-15-4-2-11(13)3-5-15/h11H,2-10,13H2,1H3. The van der Waals surface area contributed by atoms with Crippen LogP contribution in [0.5, 0.6) is 0 Å². The Labute approximate surface area is 104 Å². The smallest absolute Gasteiger partial charge is 0.236 e. The molecule has 0 bridgehead atoms. The molecule has 98 valence electrons. The van der Waals surface area contributed by atoms with Gasteiger partial charge in [-0.3, -0.25) is 9.69 Å². The van der Waals surface area contributed by atoms with Crippen LogP contribution in [0.3, 0.4) is 0 Å². The molecule has 0 radical (unpaired) electrons. The molecule has 2 fully saturated rings. The highest BCUT2D eigenvalue weighted by atomic mass is 16.2. The minimum absolute atomic E-state index is 0.286. The van der Waals surface area contributed by atoms with Crippen molar-refractivity contribution < 1.29 is 4.79 Å². The molecular formula is C12H24N4O. The molecule has 0 aromatic rings. The van der Waals surface area contributed by atoms with E-state index < -0.39 is 0 Å². The summed E-state index contributed by atoms with van der Waals surface area (Å²) in [5.41, 5.74) is 5.86. The van der Waals surface area contributed by atoms with Crippen molar-refractivity contribution >= 4 is 5.91 Å². The van der Waals surface area contributed by atoms with Crippen molar-refractivity contribution in [3.63, 3.8) is 0 Å². The summed E-state index contributed by atoms with van der Waals surface area (Å²) < 4.78 is 0. The van der Waals surface area contributed by atoms with Crippen LogP contribution in [-0.2, 0) is 4.79 Å². The monoisotopic (exact) mass is 240 g/mol. The molecule has 0 aromatic carbocycles. The number of likely N-dealkylation sites (tertiary alicyclic amines) is 1. The summed E-state index contributed by atoms with van der Waals surface area (Å²) in [4.78, 5) is 18.6. The first kappa shape index (κ1) is 12.8. The molecule has 0 unspecified atom stereocenters. The van der Waals surface area contributed by atoms with Gasteiger partial charge < -0.3 is 15.5 Å². The topological polar surface area (TPSA) is 52.8 Å². The van der Waals surface area contributed by atoms with Gasteiger partial charge in [0.1, 0.15) is 0 Å². The van der Waals surface area contributed by atoms with Crippen molar-refractivity contribution in [3.05, 3.63) is 0 Å². The van der Waals surface area contributed by atoms with Crippen LogP contribution >= 0.6 is 0 Å².